The van der Waals surface area contributed by atoms with Gasteiger partial charge in [0, 0.05) is 17.4 Å². The fraction of sp³-hybridized carbons (Fsp3) is 0.308. The van der Waals surface area contributed by atoms with E-state index in [0.29, 0.717) is 11.6 Å². The summed E-state index contributed by atoms with van der Waals surface area (Å²) in [4.78, 5) is 11.8. The Balaban J connectivity index is 2.36. The van der Waals surface area contributed by atoms with Crippen molar-refractivity contribution in [2.45, 2.75) is 20.3 Å². The lowest BCUT2D eigenvalue weighted by Gasteiger charge is -2.03. The van der Waals surface area contributed by atoms with Crippen LogP contribution in [-0.2, 0) is 6.42 Å². The Bertz CT molecular complexity index is 549. The van der Waals surface area contributed by atoms with Gasteiger partial charge in [-0.25, -0.2) is 4.68 Å². The molecule has 0 unspecified atom stereocenters. The topological polar surface area (TPSA) is 63.8 Å². The molecule has 0 spiro atoms. The average Bonchev–Trinajstić information content (AvgIpc) is 2.59. The predicted molar refractivity (Wildman–Crippen MR) is 69.3 cm³/mol. The monoisotopic (exact) mass is 231 g/mol. The minimum Gasteiger partial charge on any atom is -0.399 e. The number of nitrogens with one attached hydrogen (secondary N) is 1. The molecule has 3 N–H and O–H groups in total. The van der Waals surface area contributed by atoms with Crippen LogP contribution in [0.4, 0.5) is 5.69 Å². The van der Waals surface area contributed by atoms with Crippen molar-refractivity contribution in [1.29, 1.82) is 0 Å². The molecular weight excluding hydrogens is 214 g/mol. The zero-order valence-electron chi connectivity index (χ0n) is 10.1. The van der Waals surface area contributed by atoms with E-state index in [9.17, 15) is 4.79 Å². The summed E-state index contributed by atoms with van der Waals surface area (Å²) in [5.74, 6) is 0.521. The SMILES string of the molecule is CC(C)Cc1cc(=O)n(-c2ccc(N)cc2)[nH]1. The Morgan fingerprint density at radius 3 is 2.53 bits per heavy atom. The molecular formula is C13H17N3O. The smallest absolute Gasteiger partial charge is 0.271 e. The molecule has 17 heavy (non-hydrogen) atoms. The van der Waals surface area contributed by atoms with Gasteiger partial charge in [0.05, 0.1) is 5.69 Å². The van der Waals surface area contributed by atoms with Crippen molar-refractivity contribution in [1.82, 2.24) is 9.78 Å². The number of benzene rings is 1. The van der Waals surface area contributed by atoms with Crippen LogP contribution >= 0.6 is 0 Å². The van der Waals surface area contributed by atoms with Crippen LogP contribution in [0.1, 0.15) is 19.5 Å². The van der Waals surface area contributed by atoms with E-state index in [1.807, 2.05) is 12.1 Å². The van der Waals surface area contributed by atoms with Crippen LogP contribution in [0.15, 0.2) is 35.1 Å². The van der Waals surface area contributed by atoms with Crippen molar-refractivity contribution in [3.63, 3.8) is 0 Å². The summed E-state index contributed by atoms with van der Waals surface area (Å²) in [6, 6.07) is 8.87. The Morgan fingerprint density at radius 2 is 1.94 bits per heavy atom. The Kier molecular flexibility index (Phi) is 3.04. The highest BCUT2D eigenvalue weighted by Gasteiger charge is 2.06. The molecule has 0 radical (unpaired) electrons. The standard InChI is InChI=1S/C13H17N3O/c1-9(2)7-11-8-13(17)16(15-11)12-5-3-10(14)4-6-12/h3-6,8-9,15H,7,14H2,1-2H3. The molecule has 0 aliphatic rings. The van der Waals surface area contributed by atoms with Crippen LogP contribution in [0.5, 0.6) is 0 Å². The van der Waals surface area contributed by atoms with Gasteiger partial charge in [-0.2, -0.15) is 0 Å². The second-order valence-electron chi connectivity index (χ2n) is 4.64. The fourth-order valence-electron chi connectivity index (χ4n) is 1.80. The second-order valence-corrected chi connectivity index (χ2v) is 4.64. The highest BCUT2D eigenvalue weighted by Crippen LogP contribution is 2.09. The molecule has 0 aliphatic heterocycles. The van der Waals surface area contributed by atoms with Gasteiger partial charge in [-0.05, 0) is 36.6 Å². The van der Waals surface area contributed by atoms with Gasteiger partial charge < -0.3 is 5.73 Å². The minimum atomic E-state index is -0.0366. The summed E-state index contributed by atoms with van der Waals surface area (Å²) in [5, 5.41) is 3.11. The lowest BCUT2D eigenvalue weighted by Crippen LogP contribution is -2.13. The van der Waals surface area contributed by atoms with Crippen LogP contribution in [0, 0.1) is 5.92 Å². The van der Waals surface area contributed by atoms with Crippen LogP contribution in [-0.4, -0.2) is 9.78 Å². The molecule has 0 bridgehead atoms. The molecule has 2 aromatic rings. The van der Waals surface area contributed by atoms with Crippen LogP contribution in [0.2, 0.25) is 0 Å². The van der Waals surface area contributed by atoms with Gasteiger partial charge in [-0.3, -0.25) is 9.89 Å². The summed E-state index contributed by atoms with van der Waals surface area (Å²) >= 11 is 0. The fourth-order valence-corrected chi connectivity index (χ4v) is 1.80. The van der Waals surface area contributed by atoms with Crippen molar-refractivity contribution in [2.75, 3.05) is 5.73 Å². The minimum absolute atomic E-state index is 0.0366. The van der Waals surface area contributed by atoms with E-state index in [-0.39, 0.29) is 5.56 Å². The first-order chi connectivity index (χ1) is 8.06. The number of aromatic nitrogens is 2. The van der Waals surface area contributed by atoms with E-state index in [4.69, 9.17) is 5.73 Å². The summed E-state index contributed by atoms with van der Waals surface area (Å²) in [5.41, 5.74) is 8.04. The van der Waals surface area contributed by atoms with E-state index in [2.05, 4.69) is 18.9 Å². The Labute approximate surface area is 100 Å². The van der Waals surface area contributed by atoms with Crippen molar-refractivity contribution in [2.24, 2.45) is 5.92 Å². The number of hydrogen-bond acceptors (Lipinski definition) is 2. The summed E-state index contributed by atoms with van der Waals surface area (Å²) in [6.45, 7) is 4.25. The Morgan fingerprint density at radius 1 is 1.29 bits per heavy atom. The van der Waals surface area contributed by atoms with Crippen molar-refractivity contribution in [3.8, 4) is 5.69 Å². The summed E-state index contributed by atoms with van der Waals surface area (Å²) < 4.78 is 1.54. The third-order valence-corrected chi connectivity index (χ3v) is 2.55. The van der Waals surface area contributed by atoms with Crippen molar-refractivity contribution >= 4 is 5.69 Å². The molecule has 4 heteroatoms. The van der Waals surface area contributed by atoms with E-state index in [0.717, 1.165) is 17.8 Å². The number of hydrogen-bond donors (Lipinski definition) is 2. The lowest BCUT2D eigenvalue weighted by molar-refractivity contribution is 0.628. The molecule has 1 aromatic heterocycles. The van der Waals surface area contributed by atoms with E-state index in [1.165, 1.54) is 4.68 Å². The van der Waals surface area contributed by atoms with Gasteiger partial charge in [0.2, 0.25) is 0 Å². The number of anilines is 1. The number of H-pyrrole nitrogens is 1. The first-order valence-electron chi connectivity index (χ1n) is 5.73. The molecule has 0 saturated heterocycles. The van der Waals surface area contributed by atoms with Gasteiger partial charge in [-0.1, -0.05) is 13.8 Å². The van der Waals surface area contributed by atoms with Crippen LogP contribution in [0.3, 0.4) is 0 Å². The van der Waals surface area contributed by atoms with Crippen molar-refractivity contribution in [3.05, 3.63) is 46.4 Å². The summed E-state index contributed by atoms with van der Waals surface area (Å²) in [6.07, 6.45) is 0.872. The van der Waals surface area contributed by atoms with Gasteiger partial charge in [0.1, 0.15) is 0 Å². The average molecular weight is 231 g/mol. The molecule has 2 rings (SSSR count). The highest BCUT2D eigenvalue weighted by atomic mass is 16.1. The van der Waals surface area contributed by atoms with Gasteiger partial charge in [0.15, 0.2) is 0 Å². The van der Waals surface area contributed by atoms with Crippen molar-refractivity contribution < 1.29 is 0 Å². The molecule has 0 atom stereocenters. The maximum Gasteiger partial charge on any atom is 0.271 e. The number of rotatable bonds is 3. The molecule has 0 fully saturated rings. The third-order valence-electron chi connectivity index (χ3n) is 2.55. The Hall–Kier alpha value is -1.97. The molecule has 0 aliphatic carbocycles. The molecule has 0 amide bonds. The van der Waals surface area contributed by atoms with Gasteiger partial charge >= 0.3 is 0 Å². The largest absolute Gasteiger partial charge is 0.399 e. The molecule has 1 heterocycles. The molecule has 4 nitrogen and oxygen atoms in total. The van der Waals surface area contributed by atoms with Crippen LogP contribution < -0.4 is 11.3 Å². The first kappa shape index (κ1) is 11.5. The maximum atomic E-state index is 11.8. The van der Waals surface area contributed by atoms with Gasteiger partial charge in [-0.15, -0.1) is 0 Å². The zero-order chi connectivity index (χ0) is 12.4. The molecule has 90 valence electrons. The predicted octanol–water partition coefficient (Wildman–Crippen LogP) is 1.95. The molecule has 1 aromatic carbocycles. The number of nitrogen functional groups attached to an aromatic ring is 1. The first-order valence-corrected chi connectivity index (χ1v) is 5.73. The number of aromatic amines is 1. The molecule has 0 saturated carbocycles. The maximum absolute atomic E-state index is 11.8. The highest BCUT2D eigenvalue weighted by molar-refractivity contribution is 5.44. The quantitative estimate of drug-likeness (QED) is 0.793. The third kappa shape index (κ3) is 2.58. The van der Waals surface area contributed by atoms with E-state index < -0.39 is 0 Å². The second kappa shape index (κ2) is 4.49. The normalized spacial score (nSPS) is 11.0. The van der Waals surface area contributed by atoms with Crippen LogP contribution in [0.25, 0.3) is 5.69 Å². The summed E-state index contributed by atoms with van der Waals surface area (Å²) in [7, 11) is 0. The van der Waals surface area contributed by atoms with E-state index in [1.54, 1.807) is 18.2 Å². The zero-order valence-corrected chi connectivity index (χ0v) is 10.1. The number of nitrogens with two attached hydrogens (primary N) is 1. The van der Waals surface area contributed by atoms with E-state index >= 15 is 0 Å². The lowest BCUT2D eigenvalue weighted by atomic mass is 10.1. The van der Waals surface area contributed by atoms with Gasteiger partial charge in [0.25, 0.3) is 5.56 Å². The number of nitrogens with zero attached hydrogens (tertiary/aromatic N) is 1.